The van der Waals surface area contributed by atoms with E-state index in [9.17, 15) is 34.5 Å². The molecule has 0 aliphatic carbocycles. The molecule has 0 aliphatic heterocycles. The lowest BCUT2D eigenvalue weighted by atomic mass is 9.93. The molecule has 0 saturated carbocycles. The highest BCUT2D eigenvalue weighted by Gasteiger charge is 2.30. The van der Waals surface area contributed by atoms with Crippen molar-refractivity contribution in [3.8, 4) is 0 Å². The standard InChI is InChI=1S/C23H24O6.C18H14O3.C5H12O4/c1-17(19-5-3-2-4-6-19)22(28)20-10-7-18(8-11-20)9-12-21(27)29-16-23(13-24,14-25)15-26;1-13(15-5-3-2-4-6-15)18(21)16-10-7-14(8-11-16)9-12-17(19)20;6-1-5(2-7,3-8)4-9/h2-12,24-26H,1,13-16H2;2-12H,1H2,(H,19,20);6-9H,1-4H2/b2*12-9+;. The van der Waals surface area contributed by atoms with Crippen LogP contribution in [0.2, 0.25) is 0 Å². The molecular formula is C46H50O13. The van der Waals surface area contributed by atoms with Crippen molar-refractivity contribution in [1.29, 1.82) is 0 Å². The first kappa shape index (κ1) is 49.0. The van der Waals surface area contributed by atoms with Gasteiger partial charge in [-0.3, -0.25) is 9.59 Å². The van der Waals surface area contributed by atoms with Crippen molar-refractivity contribution in [3.05, 3.63) is 168 Å². The van der Waals surface area contributed by atoms with E-state index in [1.807, 2.05) is 60.7 Å². The number of Topliss-reactive ketones (excluding diaryl/α,β-unsaturated/α-hetero) is 2. The highest BCUT2D eigenvalue weighted by molar-refractivity contribution is 6.29. The minimum absolute atomic E-state index is 0.144. The number of benzene rings is 4. The fourth-order valence-corrected chi connectivity index (χ4v) is 4.57. The van der Waals surface area contributed by atoms with Gasteiger partial charge in [0.15, 0.2) is 11.6 Å². The molecule has 4 aromatic carbocycles. The number of carbonyl (C=O) groups excluding carboxylic acids is 3. The molecule has 8 N–H and O–H groups in total. The third-order valence-corrected chi connectivity index (χ3v) is 8.84. The van der Waals surface area contributed by atoms with Gasteiger partial charge in [0.2, 0.25) is 0 Å². The Morgan fingerprint density at radius 3 is 1.12 bits per heavy atom. The molecule has 0 heterocycles. The third-order valence-electron chi connectivity index (χ3n) is 8.84. The first-order valence-corrected chi connectivity index (χ1v) is 18.1. The molecule has 13 nitrogen and oxygen atoms in total. The van der Waals surface area contributed by atoms with E-state index in [0.29, 0.717) is 27.8 Å². The zero-order valence-electron chi connectivity index (χ0n) is 32.4. The molecule has 4 aromatic rings. The third kappa shape index (κ3) is 15.6. The van der Waals surface area contributed by atoms with E-state index in [4.69, 9.17) is 30.3 Å². The molecule has 0 radical (unpaired) electrons. The molecule has 0 bridgehead atoms. The number of allylic oxidation sites excluding steroid dienone is 2. The summed E-state index contributed by atoms with van der Waals surface area (Å²) in [4.78, 5) is 47.1. The van der Waals surface area contributed by atoms with Gasteiger partial charge >= 0.3 is 11.9 Å². The number of hydrogen-bond donors (Lipinski definition) is 8. The van der Waals surface area contributed by atoms with Crippen molar-refractivity contribution >= 4 is 46.8 Å². The molecule has 312 valence electrons. The first-order chi connectivity index (χ1) is 28.3. The SMILES string of the molecule is C=C(C(=O)c1ccc(/C=C/C(=O)O)cc1)c1ccccc1.C=C(C(=O)c1ccc(/C=C/C(=O)OCC(CO)(CO)CO)cc1)c1ccccc1.OCC(CO)(CO)CO. The van der Waals surface area contributed by atoms with Gasteiger partial charge in [-0.1, -0.05) is 122 Å². The van der Waals surface area contributed by atoms with E-state index in [2.05, 4.69) is 13.2 Å². The summed E-state index contributed by atoms with van der Waals surface area (Å²) in [7, 11) is 0. The predicted octanol–water partition coefficient (Wildman–Crippen LogP) is 3.72. The number of carboxylic acids is 1. The number of esters is 1. The lowest BCUT2D eigenvalue weighted by Crippen LogP contribution is -2.39. The topological polar surface area (TPSA) is 239 Å². The molecule has 59 heavy (non-hydrogen) atoms. The van der Waals surface area contributed by atoms with E-state index in [0.717, 1.165) is 22.8 Å². The fraction of sp³-hybridized carbons (Fsp3) is 0.217. The van der Waals surface area contributed by atoms with Crippen LogP contribution in [0.25, 0.3) is 23.3 Å². The van der Waals surface area contributed by atoms with Gasteiger partial charge < -0.3 is 45.6 Å². The summed E-state index contributed by atoms with van der Waals surface area (Å²) < 4.78 is 4.97. The van der Waals surface area contributed by atoms with Gasteiger partial charge in [-0.05, 0) is 34.4 Å². The predicted molar refractivity (Wildman–Crippen MR) is 224 cm³/mol. The van der Waals surface area contributed by atoms with Gasteiger partial charge in [-0.25, -0.2) is 9.59 Å². The molecule has 0 aliphatic rings. The number of ether oxygens (including phenoxy) is 1. The van der Waals surface area contributed by atoms with Gasteiger partial charge in [0.1, 0.15) is 6.61 Å². The molecular weight excluding hydrogens is 760 g/mol. The van der Waals surface area contributed by atoms with Gasteiger partial charge in [-0.15, -0.1) is 0 Å². The van der Waals surface area contributed by atoms with Crippen molar-refractivity contribution in [3.63, 3.8) is 0 Å². The Morgan fingerprint density at radius 1 is 0.475 bits per heavy atom. The number of aliphatic hydroxyl groups excluding tert-OH is 7. The van der Waals surface area contributed by atoms with Crippen molar-refractivity contribution in [2.45, 2.75) is 0 Å². The van der Waals surface area contributed by atoms with E-state index in [1.54, 1.807) is 48.5 Å². The van der Waals surface area contributed by atoms with Crippen LogP contribution in [0, 0.1) is 10.8 Å². The van der Waals surface area contributed by atoms with E-state index < -0.39 is 69.0 Å². The molecule has 13 heteroatoms. The van der Waals surface area contributed by atoms with Crippen LogP contribution in [0.15, 0.2) is 135 Å². The summed E-state index contributed by atoms with van der Waals surface area (Å²) in [6.07, 6.45) is 5.24. The Balaban J connectivity index is 0.000000348. The Morgan fingerprint density at radius 2 is 0.814 bits per heavy atom. The summed E-state index contributed by atoms with van der Waals surface area (Å²) in [5.41, 5.74) is 2.41. The van der Waals surface area contributed by atoms with Gasteiger partial charge in [0.25, 0.3) is 0 Å². The summed E-state index contributed by atoms with van der Waals surface area (Å²) in [5.74, 6) is -2.01. The molecule has 0 atom stereocenters. The number of ketones is 2. The Labute approximate surface area is 342 Å². The van der Waals surface area contributed by atoms with Gasteiger partial charge in [0.05, 0.1) is 57.1 Å². The lowest BCUT2D eigenvalue weighted by molar-refractivity contribution is -0.145. The highest BCUT2D eigenvalue weighted by Crippen LogP contribution is 2.21. The van der Waals surface area contributed by atoms with Crippen LogP contribution >= 0.6 is 0 Å². The summed E-state index contributed by atoms with van der Waals surface area (Å²) in [6, 6.07) is 31.9. The Hall–Kier alpha value is -6.16. The van der Waals surface area contributed by atoms with Crippen LogP contribution in [0.4, 0.5) is 0 Å². The van der Waals surface area contributed by atoms with E-state index in [1.165, 1.54) is 18.2 Å². The van der Waals surface area contributed by atoms with Crippen LogP contribution in [-0.2, 0) is 14.3 Å². The van der Waals surface area contributed by atoms with Crippen LogP contribution in [-0.4, -0.2) is 117 Å². The van der Waals surface area contributed by atoms with Crippen LogP contribution in [0.5, 0.6) is 0 Å². The second-order valence-electron chi connectivity index (χ2n) is 13.3. The Kier molecular flexibility index (Phi) is 21.0. The van der Waals surface area contributed by atoms with Crippen molar-refractivity contribution < 1.29 is 64.8 Å². The minimum Gasteiger partial charge on any atom is -0.478 e. The number of carboxylic acid groups (broad SMARTS) is 1. The van der Waals surface area contributed by atoms with Crippen LogP contribution in [0.1, 0.15) is 43.0 Å². The molecule has 0 unspecified atom stereocenters. The fourth-order valence-electron chi connectivity index (χ4n) is 4.57. The molecule has 0 amide bonds. The second kappa shape index (κ2) is 25.3. The van der Waals surface area contributed by atoms with Crippen molar-refractivity contribution in [2.24, 2.45) is 10.8 Å². The minimum atomic E-state index is -1.27. The maximum atomic E-state index is 12.5. The quantitative estimate of drug-likeness (QED) is 0.0383. The first-order valence-electron chi connectivity index (χ1n) is 18.1. The summed E-state index contributed by atoms with van der Waals surface area (Å²) in [5, 5.41) is 70.2. The largest absolute Gasteiger partial charge is 0.478 e. The summed E-state index contributed by atoms with van der Waals surface area (Å²) >= 11 is 0. The molecule has 0 aromatic heterocycles. The monoisotopic (exact) mass is 810 g/mol. The van der Waals surface area contributed by atoms with E-state index in [-0.39, 0.29) is 18.2 Å². The highest BCUT2D eigenvalue weighted by atomic mass is 16.5. The average Bonchev–Trinajstić information content (AvgIpc) is 3.29. The average molecular weight is 811 g/mol. The normalized spacial score (nSPS) is 11.2. The second-order valence-corrected chi connectivity index (χ2v) is 13.3. The van der Waals surface area contributed by atoms with Gasteiger partial charge in [-0.2, -0.15) is 0 Å². The van der Waals surface area contributed by atoms with Crippen molar-refractivity contribution in [2.75, 3.05) is 52.9 Å². The number of rotatable bonds is 19. The smallest absolute Gasteiger partial charge is 0.330 e. The molecule has 0 saturated heterocycles. The molecule has 0 spiro atoms. The van der Waals surface area contributed by atoms with E-state index >= 15 is 0 Å². The maximum Gasteiger partial charge on any atom is 0.330 e. The van der Waals surface area contributed by atoms with Crippen molar-refractivity contribution in [1.82, 2.24) is 0 Å². The summed E-state index contributed by atoms with van der Waals surface area (Å²) in [6.45, 7) is 4.23. The molecule has 4 rings (SSSR count). The molecule has 0 fully saturated rings. The maximum absolute atomic E-state index is 12.5. The zero-order valence-corrected chi connectivity index (χ0v) is 32.4. The number of carbonyl (C=O) groups is 4. The zero-order chi connectivity index (χ0) is 43.8. The van der Waals surface area contributed by atoms with Crippen LogP contribution < -0.4 is 0 Å². The number of aliphatic carboxylic acids is 1. The number of hydrogen-bond acceptors (Lipinski definition) is 12. The Bertz CT molecular complexity index is 1990. The van der Waals surface area contributed by atoms with Crippen LogP contribution in [0.3, 0.4) is 0 Å². The number of aliphatic hydroxyl groups is 7. The lowest BCUT2D eigenvalue weighted by Gasteiger charge is -2.26. The van der Waals surface area contributed by atoms with Gasteiger partial charge in [0, 0.05) is 34.4 Å².